The van der Waals surface area contributed by atoms with Gasteiger partial charge in [-0.1, -0.05) is 0 Å². The number of hydrogen-bond acceptors (Lipinski definition) is 37. The van der Waals surface area contributed by atoms with Crippen LogP contribution in [0.1, 0.15) is 0 Å². The molecule has 0 radical (unpaired) electrons. The molecule has 2 aromatic carbocycles. The van der Waals surface area contributed by atoms with Crippen molar-refractivity contribution in [2.45, 2.75) is 184 Å². The van der Waals surface area contributed by atoms with Crippen molar-refractivity contribution >= 4 is 11.0 Å². The van der Waals surface area contributed by atoms with E-state index in [1.54, 1.807) is 0 Å². The summed E-state index contributed by atoms with van der Waals surface area (Å²) in [6.45, 7) is -6.15. The molecule has 6 fully saturated rings. The average Bonchev–Trinajstić information content (AvgIpc) is 1.02. The zero-order chi connectivity index (χ0) is 64.1. The largest absolute Gasteiger partial charge is 0.508 e. The van der Waals surface area contributed by atoms with Crippen LogP contribution in [-0.4, -0.2) is 341 Å². The van der Waals surface area contributed by atoms with Gasteiger partial charge in [-0.05, 0) is 18.2 Å². The number of fused-ring (bicyclic) bond motifs is 1. The summed E-state index contributed by atoms with van der Waals surface area (Å²) in [4.78, 5) is 13.9. The second-order valence-corrected chi connectivity index (χ2v) is 21.5. The van der Waals surface area contributed by atoms with Crippen LogP contribution >= 0.6 is 0 Å². The number of aliphatic hydroxyl groups excluding tert-OH is 19. The number of hydrogen-bond donors (Lipinski definition) is 23. The highest BCUT2D eigenvalue weighted by atomic mass is 16.8. The van der Waals surface area contributed by atoms with E-state index in [0.717, 1.165) is 30.3 Å². The van der Waals surface area contributed by atoms with E-state index in [9.17, 15) is 122 Å². The fourth-order valence-corrected chi connectivity index (χ4v) is 11.0. The normalized spacial score (nSPS) is 43.4. The molecule has 23 N–H and O–H groups in total. The van der Waals surface area contributed by atoms with Crippen LogP contribution in [-0.2, 0) is 52.1 Å². The lowest BCUT2D eigenvalue weighted by molar-refractivity contribution is -0.395. The SMILES string of the molecule is O=c1c(O[C@@H]2O[C@H](CO)[C@@H](O[C@@H]3O[C@H](CO)[C@@H](O[C@@H]4O[C@H](CO)[C@@H](O[C@@H]5O[C@H](CO)[C@@H](O[C@@H]6O[C@H](CO)[C@@H](O[C@@H]7O[C@H](CO)[C@@H](O)[C@H](O)[C@H]7O)[C@H](O)[C@H]6O)[C@H](O)[C@H]5O)[C@H](O)[C@H]4O)[C@H](O)[C@H]3O)[C@H](O)[C@H]2O)c(-c2ccc(O)c(O)c2)oc2cc(O)cc(O)c12. The quantitative estimate of drug-likeness (QED) is 0.0496. The van der Waals surface area contributed by atoms with Crippen LogP contribution in [0.2, 0.25) is 0 Å². The Hall–Kier alpha value is -4.55. The Morgan fingerprint density at radius 3 is 1.03 bits per heavy atom. The molecule has 496 valence electrons. The lowest BCUT2D eigenvalue weighted by Crippen LogP contribution is -2.68. The first kappa shape index (κ1) is 67.8. The smallest absolute Gasteiger partial charge is 0.239 e. The molecule has 9 rings (SSSR count). The van der Waals surface area contributed by atoms with Gasteiger partial charge in [0.25, 0.3) is 0 Å². The third kappa shape index (κ3) is 13.1. The van der Waals surface area contributed by atoms with Crippen LogP contribution in [0.3, 0.4) is 0 Å². The third-order valence-electron chi connectivity index (χ3n) is 15.8. The van der Waals surface area contributed by atoms with Gasteiger partial charge >= 0.3 is 0 Å². The summed E-state index contributed by atoms with van der Waals surface area (Å²) in [5, 5.41) is 245. The molecule has 6 aliphatic rings. The van der Waals surface area contributed by atoms with Crippen molar-refractivity contribution in [2.24, 2.45) is 0 Å². The van der Waals surface area contributed by atoms with Gasteiger partial charge in [0.05, 0.1) is 39.6 Å². The number of aliphatic hydroxyl groups is 19. The minimum Gasteiger partial charge on any atom is -0.508 e. The highest BCUT2D eigenvalue weighted by molar-refractivity contribution is 5.88. The lowest BCUT2D eigenvalue weighted by Gasteiger charge is -2.49. The standard InChI is InChI=1S/C51H70O37/c52-6-18-25(62)27(64)33(70)46(77-18)83-40-19(7-53)78-47(34(71)28(40)65)84-41-20(8-54)79-48(35(72)29(41)66)85-42-21(9-55)80-49(36(73)30(42)67)86-43-22(10-56)81-50(37(74)31(43)68)87-44-23(11-57)82-51(38(75)32(44)69)88-45-26(63)24-16(61)4-13(58)5-17(24)76-39(45)12-1-2-14(59)15(60)3-12/h1-5,18-23,25,27-38,40-44,46-62,64-75H,6-11H2/t18-,19-,20-,21-,22-,23-,25-,27+,28-,29-,30-,31-,32-,33-,34-,35-,36-,37-,38-,40-,41-,42-,43-,44-,46+,47+,48+,49+,50+,51+/m1/s1. The van der Waals surface area contributed by atoms with Crippen LogP contribution < -0.4 is 10.2 Å². The van der Waals surface area contributed by atoms with E-state index in [0.29, 0.717) is 0 Å². The summed E-state index contributed by atoms with van der Waals surface area (Å²) in [6.07, 6.45) is -59.6. The summed E-state index contributed by atoms with van der Waals surface area (Å²) in [5.41, 5.74) is -1.70. The maximum atomic E-state index is 13.9. The molecule has 0 unspecified atom stereocenters. The van der Waals surface area contributed by atoms with Crippen LogP contribution in [0.15, 0.2) is 39.5 Å². The number of phenols is 4. The van der Waals surface area contributed by atoms with Gasteiger partial charge in [0.2, 0.25) is 17.5 Å². The first-order valence-corrected chi connectivity index (χ1v) is 27.2. The van der Waals surface area contributed by atoms with E-state index in [-0.39, 0.29) is 5.56 Å². The molecule has 0 saturated carbocycles. The first-order valence-electron chi connectivity index (χ1n) is 27.2. The van der Waals surface area contributed by atoms with E-state index in [4.69, 9.17) is 61.3 Å². The molecular weight excluding hydrogens is 1200 g/mol. The van der Waals surface area contributed by atoms with Crippen LogP contribution in [0, 0.1) is 0 Å². The number of phenolic OH excluding ortho intramolecular Hbond substituents is 4. The molecule has 3 aromatic rings. The summed E-state index contributed by atoms with van der Waals surface area (Å²) >= 11 is 0. The molecule has 6 aliphatic heterocycles. The second kappa shape index (κ2) is 28.1. The Labute approximate surface area is 493 Å². The molecule has 37 heteroatoms. The van der Waals surface area contributed by atoms with Gasteiger partial charge in [0.1, 0.15) is 169 Å². The Kier molecular flexibility index (Phi) is 21.7. The van der Waals surface area contributed by atoms with Crippen LogP contribution in [0.5, 0.6) is 28.7 Å². The molecular formula is C51H70O37. The zero-order valence-electron chi connectivity index (χ0n) is 45.5. The molecule has 0 spiro atoms. The van der Waals surface area contributed by atoms with E-state index in [1.807, 2.05) is 0 Å². The summed E-state index contributed by atoms with van der Waals surface area (Å²) in [7, 11) is 0. The van der Waals surface area contributed by atoms with Crippen molar-refractivity contribution in [1.82, 2.24) is 0 Å². The van der Waals surface area contributed by atoms with E-state index in [1.165, 1.54) is 0 Å². The molecule has 0 aliphatic carbocycles. The summed E-state index contributed by atoms with van der Waals surface area (Å²) in [6, 6.07) is 4.87. The van der Waals surface area contributed by atoms with Gasteiger partial charge in [-0.25, -0.2) is 0 Å². The molecule has 6 saturated heterocycles. The van der Waals surface area contributed by atoms with Gasteiger partial charge in [0, 0.05) is 17.7 Å². The predicted octanol–water partition coefficient (Wildman–Crippen LogP) is -11.4. The van der Waals surface area contributed by atoms with E-state index >= 15 is 0 Å². The topological polar surface area (TPSA) is 606 Å². The molecule has 0 bridgehead atoms. The van der Waals surface area contributed by atoms with Crippen LogP contribution in [0.4, 0.5) is 0 Å². The second-order valence-electron chi connectivity index (χ2n) is 21.5. The van der Waals surface area contributed by atoms with Gasteiger partial charge in [-0.15, -0.1) is 0 Å². The van der Waals surface area contributed by atoms with Gasteiger partial charge in [-0.3, -0.25) is 4.79 Å². The fourth-order valence-electron chi connectivity index (χ4n) is 11.0. The number of benzene rings is 2. The van der Waals surface area contributed by atoms with Crippen molar-refractivity contribution in [3.8, 4) is 40.1 Å². The fraction of sp³-hybridized carbons (Fsp3) is 0.706. The molecule has 1 aromatic heterocycles. The van der Waals surface area contributed by atoms with Gasteiger partial charge < -0.3 is 179 Å². The average molecular weight is 1280 g/mol. The Balaban J connectivity index is 0.822. The molecule has 88 heavy (non-hydrogen) atoms. The number of aromatic hydroxyl groups is 4. The predicted molar refractivity (Wildman–Crippen MR) is 272 cm³/mol. The van der Waals surface area contributed by atoms with Crippen molar-refractivity contribution < 1.29 is 179 Å². The summed E-state index contributed by atoms with van der Waals surface area (Å²) < 4.78 is 73.5. The minimum atomic E-state index is -2.26. The molecule has 37 nitrogen and oxygen atoms in total. The highest BCUT2D eigenvalue weighted by Gasteiger charge is 2.58. The van der Waals surface area contributed by atoms with Gasteiger partial charge in [-0.2, -0.15) is 0 Å². The monoisotopic (exact) mass is 1270 g/mol. The van der Waals surface area contributed by atoms with E-state index in [2.05, 4.69) is 0 Å². The van der Waals surface area contributed by atoms with E-state index < -0.39 is 275 Å². The maximum Gasteiger partial charge on any atom is 0.239 e. The number of rotatable bonds is 19. The Morgan fingerprint density at radius 2 is 0.682 bits per heavy atom. The third-order valence-corrected chi connectivity index (χ3v) is 15.8. The lowest BCUT2D eigenvalue weighted by atomic mass is 9.95. The van der Waals surface area contributed by atoms with Crippen molar-refractivity contribution in [3.05, 3.63) is 40.6 Å². The Bertz CT molecular complexity index is 2840. The van der Waals surface area contributed by atoms with Gasteiger partial charge in [0.15, 0.2) is 48.7 Å². The van der Waals surface area contributed by atoms with Crippen molar-refractivity contribution in [3.63, 3.8) is 0 Å². The first-order chi connectivity index (χ1) is 41.8. The number of ether oxygens (including phenoxy) is 12. The summed E-state index contributed by atoms with van der Waals surface area (Å²) in [5.74, 6) is -3.98. The Morgan fingerprint density at radius 1 is 0.352 bits per heavy atom. The molecule has 7 heterocycles. The highest BCUT2D eigenvalue weighted by Crippen LogP contribution is 2.42. The molecule has 30 atom stereocenters. The van der Waals surface area contributed by atoms with Crippen molar-refractivity contribution in [2.75, 3.05) is 39.6 Å². The minimum absolute atomic E-state index is 0.146. The van der Waals surface area contributed by atoms with Crippen LogP contribution in [0.25, 0.3) is 22.3 Å². The van der Waals surface area contributed by atoms with Crippen molar-refractivity contribution in [1.29, 1.82) is 0 Å². The maximum absolute atomic E-state index is 13.9. The molecule has 0 amide bonds. The zero-order valence-corrected chi connectivity index (χ0v) is 45.5.